The van der Waals surface area contributed by atoms with Crippen LogP contribution in [0.15, 0.2) is 6.07 Å². The molecule has 0 saturated carbocycles. The second-order valence-corrected chi connectivity index (χ2v) is 4.19. The number of aryl methyl sites for hydroxylation is 2. The normalized spacial score (nSPS) is 10.5. The number of carbonyl (C=O) groups is 1. The van der Waals surface area contributed by atoms with Crippen molar-refractivity contribution in [2.24, 2.45) is 0 Å². The molecule has 0 aliphatic rings. The molecular weight excluding hydrogens is 214 g/mol. The molecule has 4 heteroatoms. The van der Waals surface area contributed by atoms with Gasteiger partial charge in [-0.25, -0.2) is 0 Å². The monoisotopic (exact) mass is 233 g/mol. The highest BCUT2D eigenvalue weighted by Gasteiger charge is 2.14. The zero-order chi connectivity index (χ0) is 12.8. The van der Waals surface area contributed by atoms with Gasteiger partial charge in [0.2, 0.25) is 0 Å². The first-order valence-corrected chi connectivity index (χ1v) is 5.87. The summed E-state index contributed by atoms with van der Waals surface area (Å²) in [5, 5.41) is 8.54. The summed E-state index contributed by atoms with van der Waals surface area (Å²) in [7, 11) is 0. The lowest BCUT2D eigenvalue weighted by molar-refractivity contribution is 0.0935. The van der Waals surface area contributed by atoms with Crippen molar-refractivity contribution in [3.05, 3.63) is 23.0 Å². The highest BCUT2D eigenvalue weighted by atomic mass is 16.1. The van der Waals surface area contributed by atoms with Gasteiger partial charge in [-0.3, -0.25) is 9.69 Å². The van der Waals surface area contributed by atoms with Crippen LogP contribution in [0.25, 0.3) is 0 Å². The van der Waals surface area contributed by atoms with Gasteiger partial charge in [0, 0.05) is 29.9 Å². The third kappa shape index (κ3) is 3.72. The fourth-order valence-electron chi connectivity index (χ4n) is 1.86. The first kappa shape index (κ1) is 13.5. The van der Waals surface area contributed by atoms with Crippen LogP contribution in [-0.4, -0.2) is 35.3 Å². The Balaban J connectivity index is 2.65. The number of likely N-dealkylation sites (N-methyl/N-ethyl adjacent to an activating group) is 1. The van der Waals surface area contributed by atoms with Crippen molar-refractivity contribution < 1.29 is 4.79 Å². The number of aromatic nitrogens is 1. The maximum absolute atomic E-state index is 12.1. The van der Waals surface area contributed by atoms with Gasteiger partial charge in [0.15, 0.2) is 5.78 Å². The maximum atomic E-state index is 12.1. The van der Waals surface area contributed by atoms with Gasteiger partial charge in [-0.15, -0.1) is 0 Å². The van der Waals surface area contributed by atoms with E-state index in [0.29, 0.717) is 19.5 Å². The average molecular weight is 233 g/mol. The van der Waals surface area contributed by atoms with E-state index in [1.165, 1.54) is 0 Å². The summed E-state index contributed by atoms with van der Waals surface area (Å²) in [5.74, 6) is 0.117. The third-order valence-electron chi connectivity index (χ3n) is 2.80. The van der Waals surface area contributed by atoms with Crippen LogP contribution in [0.5, 0.6) is 0 Å². The van der Waals surface area contributed by atoms with Gasteiger partial charge in [0.1, 0.15) is 0 Å². The quantitative estimate of drug-likeness (QED) is 0.765. The van der Waals surface area contributed by atoms with Gasteiger partial charge < -0.3 is 4.98 Å². The predicted octanol–water partition coefficient (Wildman–Crippen LogP) is 2.05. The molecular formula is C13H19N3O. The molecule has 0 bridgehead atoms. The Bertz CT molecular complexity index is 428. The molecule has 0 aliphatic carbocycles. The van der Waals surface area contributed by atoms with Crippen molar-refractivity contribution in [2.45, 2.75) is 27.2 Å². The molecule has 0 unspecified atom stereocenters. The van der Waals surface area contributed by atoms with Crippen LogP contribution in [0, 0.1) is 25.2 Å². The van der Waals surface area contributed by atoms with Gasteiger partial charge >= 0.3 is 0 Å². The summed E-state index contributed by atoms with van der Waals surface area (Å²) < 4.78 is 0. The largest absolute Gasteiger partial charge is 0.362 e. The molecule has 0 atom stereocenters. The first-order valence-electron chi connectivity index (χ1n) is 5.87. The molecule has 1 rings (SSSR count). The number of hydrogen-bond acceptors (Lipinski definition) is 3. The minimum atomic E-state index is 0.117. The molecule has 1 N–H and O–H groups in total. The second-order valence-electron chi connectivity index (χ2n) is 4.19. The van der Waals surface area contributed by atoms with E-state index in [4.69, 9.17) is 5.26 Å². The standard InChI is InChI=1S/C13H19N3O/c1-4-16(7-5-6-14)9-13(17)12-8-10(2)15-11(12)3/h8,15H,4-5,7,9H2,1-3H3. The average Bonchev–Trinajstić information content (AvgIpc) is 2.63. The van der Waals surface area contributed by atoms with E-state index in [1.807, 2.05) is 31.7 Å². The first-order chi connectivity index (χ1) is 8.08. The zero-order valence-corrected chi connectivity index (χ0v) is 10.7. The van der Waals surface area contributed by atoms with Gasteiger partial charge in [-0.05, 0) is 26.5 Å². The summed E-state index contributed by atoms with van der Waals surface area (Å²) >= 11 is 0. The minimum absolute atomic E-state index is 0.117. The maximum Gasteiger partial charge on any atom is 0.178 e. The fraction of sp³-hybridized carbons (Fsp3) is 0.538. The molecule has 1 aromatic heterocycles. The number of Topliss-reactive ketones (excluding diaryl/α,β-unsaturated/α-hetero) is 1. The van der Waals surface area contributed by atoms with Crippen LogP contribution in [0.4, 0.5) is 0 Å². The van der Waals surface area contributed by atoms with Gasteiger partial charge in [-0.1, -0.05) is 6.92 Å². The van der Waals surface area contributed by atoms with Crippen molar-refractivity contribution in [2.75, 3.05) is 19.6 Å². The third-order valence-corrected chi connectivity index (χ3v) is 2.80. The molecule has 17 heavy (non-hydrogen) atoms. The number of nitriles is 1. The Hall–Kier alpha value is -1.60. The lowest BCUT2D eigenvalue weighted by Crippen LogP contribution is -2.30. The zero-order valence-electron chi connectivity index (χ0n) is 10.7. The Morgan fingerprint density at radius 1 is 1.53 bits per heavy atom. The number of nitrogens with zero attached hydrogens (tertiary/aromatic N) is 2. The summed E-state index contributed by atoms with van der Waals surface area (Å²) in [6.07, 6.45) is 0.465. The van der Waals surface area contributed by atoms with E-state index in [2.05, 4.69) is 11.1 Å². The minimum Gasteiger partial charge on any atom is -0.362 e. The molecule has 0 aromatic carbocycles. The molecule has 0 spiro atoms. The Kier molecular flexibility index (Phi) is 4.92. The molecule has 92 valence electrons. The number of rotatable bonds is 6. The summed E-state index contributed by atoms with van der Waals surface area (Å²) in [4.78, 5) is 17.2. The lowest BCUT2D eigenvalue weighted by atomic mass is 10.1. The SMILES string of the molecule is CCN(CCC#N)CC(=O)c1cc(C)[nH]c1C. The fourth-order valence-corrected chi connectivity index (χ4v) is 1.86. The Morgan fingerprint density at radius 2 is 2.24 bits per heavy atom. The molecule has 0 aliphatic heterocycles. The van der Waals surface area contributed by atoms with Crippen LogP contribution in [0.1, 0.15) is 35.1 Å². The smallest absolute Gasteiger partial charge is 0.178 e. The molecule has 1 aromatic rings. The molecule has 4 nitrogen and oxygen atoms in total. The summed E-state index contributed by atoms with van der Waals surface area (Å²) in [6, 6.07) is 3.99. The van der Waals surface area contributed by atoms with Crippen LogP contribution < -0.4 is 0 Å². The van der Waals surface area contributed by atoms with E-state index in [0.717, 1.165) is 23.5 Å². The number of H-pyrrole nitrogens is 1. The Morgan fingerprint density at radius 3 is 2.71 bits per heavy atom. The number of hydrogen-bond donors (Lipinski definition) is 1. The van der Waals surface area contributed by atoms with Crippen molar-refractivity contribution in [3.8, 4) is 6.07 Å². The van der Waals surface area contributed by atoms with E-state index in [9.17, 15) is 4.79 Å². The summed E-state index contributed by atoms with van der Waals surface area (Å²) in [5.41, 5.74) is 2.69. The van der Waals surface area contributed by atoms with Crippen molar-refractivity contribution in [1.82, 2.24) is 9.88 Å². The van der Waals surface area contributed by atoms with Gasteiger partial charge in [0.05, 0.1) is 12.6 Å². The van der Waals surface area contributed by atoms with Crippen LogP contribution in [-0.2, 0) is 0 Å². The van der Waals surface area contributed by atoms with E-state index in [-0.39, 0.29) is 5.78 Å². The second kappa shape index (κ2) is 6.21. The molecule has 0 saturated heterocycles. The molecule has 1 heterocycles. The van der Waals surface area contributed by atoms with Gasteiger partial charge in [0.25, 0.3) is 0 Å². The van der Waals surface area contributed by atoms with Crippen molar-refractivity contribution >= 4 is 5.78 Å². The van der Waals surface area contributed by atoms with E-state index < -0.39 is 0 Å². The number of ketones is 1. The van der Waals surface area contributed by atoms with Crippen LogP contribution in [0.3, 0.4) is 0 Å². The molecule has 0 amide bonds. The molecule has 0 fully saturated rings. The Labute approximate surface area is 102 Å². The highest BCUT2D eigenvalue weighted by molar-refractivity contribution is 5.98. The van der Waals surface area contributed by atoms with Crippen molar-refractivity contribution in [1.29, 1.82) is 5.26 Å². The van der Waals surface area contributed by atoms with Crippen LogP contribution >= 0.6 is 0 Å². The summed E-state index contributed by atoms with van der Waals surface area (Å²) in [6.45, 7) is 7.68. The predicted molar refractivity (Wildman–Crippen MR) is 66.9 cm³/mol. The lowest BCUT2D eigenvalue weighted by Gasteiger charge is -2.17. The van der Waals surface area contributed by atoms with Crippen molar-refractivity contribution in [3.63, 3.8) is 0 Å². The van der Waals surface area contributed by atoms with Gasteiger partial charge in [-0.2, -0.15) is 5.26 Å². The van der Waals surface area contributed by atoms with E-state index in [1.54, 1.807) is 0 Å². The number of aromatic amines is 1. The molecule has 0 radical (unpaired) electrons. The number of carbonyl (C=O) groups excluding carboxylic acids is 1. The van der Waals surface area contributed by atoms with Crippen LogP contribution in [0.2, 0.25) is 0 Å². The van der Waals surface area contributed by atoms with E-state index >= 15 is 0 Å². The topological polar surface area (TPSA) is 59.9 Å². The highest BCUT2D eigenvalue weighted by Crippen LogP contribution is 2.10. The number of nitrogens with one attached hydrogen (secondary N) is 1.